The molecule has 2 rings (SSSR count). The number of hydrogen-bond donors (Lipinski definition) is 2. The van der Waals surface area contributed by atoms with Gasteiger partial charge in [-0.1, -0.05) is 18.2 Å². The number of fused-ring (bicyclic) bond motifs is 1. The standard InChI is InChI=1S/C10H15N3/c11-12-8-13-7-3-5-9-4-1-2-6-10(9)13/h1-2,4,6,12H,3,5,7-8,11H2. The Morgan fingerprint density at radius 3 is 3.08 bits per heavy atom. The monoisotopic (exact) mass is 177 g/mol. The van der Waals surface area contributed by atoms with E-state index in [2.05, 4.69) is 34.6 Å². The number of nitrogens with two attached hydrogens (primary N) is 1. The Morgan fingerprint density at radius 2 is 2.23 bits per heavy atom. The molecule has 1 aromatic carbocycles. The van der Waals surface area contributed by atoms with Gasteiger partial charge in [-0.05, 0) is 24.5 Å². The smallest absolute Gasteiger partial charge is 0.0808 e. The maximum Gasteiger partial charge on any atom is 0.0808 e. The van der Waals surface area contributed by atoms with Gasteiger partial charge in [-0.2, -0.15) is 0 Å². The van der Waals surface area contributed by atoms with Crippen LogP contribution < -0.4 is 16.2 Å². The summed E-state index contributed by atoms with van der Waals surface area (Å²) in [6.45, 7) is 1.83. The molecular weight excluding hydrogens is 162 g/mol. The highest BCUT2D eigenvalue weighted by molar-refractivity contribution is 5.55. The summed E-state index contributed by atoms with van der Waals surface area (Å²) in [6, 6.07) is 8.52. The molecule has 1 heterocycles. The zero-order valence-electron chi connectivity index (χ0n) is 7.66. The summed E-state index contributed by atoms with van der Waals surface area (Å²) < 4.78 is 0. The van der Waals surface area contributed by atoms with Gasteiger partial charge in [0.25, 0.3) is 0 Å². The van der Waals surface area contributed by atoms with Gasteiger partial charge in [-0.25, -0.2) is 5.43 Å². The van der Waals surface area contributed by atoms with Crippen LogP contribution in [0, 0.1) is 0 Å². The highest BCUT2D eigenvalue weighted by Crippen LogP contribution is 2.25. The van der Waals surface area contributed by atoms with Gasteiger partial charge >= 0.3 is 0 Å². The van der Waals surface area contributed by atoms with E-state index in [1.54, 1.807) is 0 Å². The molecular formula is C10H15N3. The topological polar surface area (TPSA) is 41.3 Å². The molecule has 0 amide bonds. The van der Waals surface area contributed by atoms with E-state index in [1.165, 1.54) is 24.1 Å². The first-order chi connectivity index (χ1) is 6.42. The van der Waals surface area contributed by atoms with Crippen LogP contribution in [-0.2, 0) is 6.42 Å². The summed E-state index contributed by atoms with van der Waals surface area (Å²) >= 11 is 0. The lowest BCUT2D eigenvalue weighted by molar-refractivity contribution is 0.629. The Balaban J connectivity index is 2.26. The van der Waals surface area contributed by atoms with Gasteiger partial charge in [-0.3, -0.25) is 5.84 Å². The maximum atomic E-state index is 5.32. The molecule has 0 saturated carbocycles. The third-order valence-corrected chi connectivity index (χ3v) is 2.49. The lowest BCUT2D eigenvalue weighted by Gasteiger charge is -2.30. The Labute approximate surface area is 78.5 Å². The summed E-state index contributed by atoms with van der Waals surface area (Å²) in [5.41, 5.74) is 5.46. The second-order valence-electron chi connectivity index (χ2n) is 3.36. The molecule has 0 saturated heterocycles. The van der Waals surface area contributed by atoms with Gasteiger partial charge in [0.1, 0.15) is 0 Å². The normalized spacial score (nSPS) is 15.6. The zero-order chi connectivity index (χ0) is 9.10. The molecule has 3 nitrogen and oxygen atoms in total. The highest BCUT2D eigenvalue weighted by Gasteiger charge is 2.14. The fourth-order valence-corrected chi connectivity index (χ4v) is 1.89. The lowest BCUT2D eigenvalue weighted by atomic mass is 10.0. The lowest BCUT2D eigenvalue weighted by Crippen LogP contribution is -2.40. The van der Waals surface area contributed by atoms with Crippen LogP contribution in [0.1, 0.15) is 12.0 Å². The molecule has 13 heavy (non-hydrogen) atoms. The molecule has 0 fully saturated rings. The number of nitrogens with one attached hydrogen (secondary N) is 1. The van der Waals surface area contributed by atoms with Crippen LogP contribution in [0.4, 0.5) is 5.69 Å². The number of aryl methyl sites for hydroxylation is 1. The van der Waals surface area contributed by atoms with E-state index in [0.717, 1.165) is 13.2 Å². The van der Waals surface area contributed by atoms with Gasteiger partial charge < -0.3 is 4.90 Å². The van der Waals surface area contributed by atoms with Crippen molar-refractivity contribution in [3.05, 3.63) is 29.8 Å². The van der Waals surface area contributed by atoms with E-state index < -0.39 is 0 Å². The van der Waals surface area contributed by atoms with Crippen molar-refractivity contribution in [3.63, 3.8) is 0 Å². The maximum absolute atomic E-state index is 5.32. The SMILES string of the molecule is NNCN1CCCc2ccccc21. The first-order valence-electron chi connectivity index (χ1n) is 4.68. The summed E-state index contributed by atoms with van der Waals surface area (Å²) in [4.78, 5) is 2.28. The first-order valence-corrected chi connectivity index (χ1v) is 4.68. The van der Waals surface area contributed by atoms with Crippen LogP contribution in [0.15, 0.2) is 24.3 Å². The van der Waals surface area contributed by atoms with Gasteiger partial charge in [0, 0.05) is 12.2 Å². The molecule has 0 radical (unpaired) electrons. The minimum absolute atomic E-state index is 0.733. The van der Waals surface area contributed by atoms with Crippen molar-refractivity contribution in [2.45, 2.75) is 12.8 Å². The predicted octanol–water partition coefficient (Wildman–Crippen LogP) is 0.860. The van der Waals surface area contributed by atoms with Crippen LogP contribution in [0.25, 0.3) is 0 Å². The molecule has 70 valence electrons. The fraction of sp³-hybridized carbons (Fsp3) is 0.400. The molecule has 0 unspecified atom stereocenters. The third-order valence-electron chi connectivity index (χ3n) is 2.49. The molecule has 3 N–H and O–H groups in total. The van der Waals surface area contributed by atoms with Gasteiger partial charge in [0.15, 0.2) is 0 Å². The minimum Gasteiger partial charge on any atom is -0.357 e. The molecule has 0 spiro atoms. The van der Waals surface area contributed by atoms with Crippen molar-refractivity contribution < 1.29 is 0 Å². The van der Waals surface area contributed by atoms with E-state index in [9.17, 15) is 0 Å². The summed E-state index contributed by atoms with van der Waals surface area (Å²) in [5.74, 6) is 5.32. The Kier molecular flexibility index (Phi) is 2.47. The van der Waals surface area contributed by atoms with Crippen molar-refractivity contribution in [3.8, 4) is 0 Å². The number of hydrogen-bond acceptors (Lipinski definition) is 3. The van der Waals surface area contributed by atoms with E-state index in [1.807, 2.05) is 0 Å². The predicted molar refractivity (Wildman–Crippen MR) is 54.3 cm³/mol. The van der Waals surface area contributed by atoms with E-state index in [-0.39, 0.29) is 0 Å². The summed E-state index contributed by atoms with van der Waals surface area (Å²) in [5, 5.41) is 0. The fourth-order valence-electron chi connectivity index (χ4n) is 1.89. The van der Waals surface area contributed by atoms with Gasteiger partial charge in [-0.15, -0.1) is 0 Å². The van der Waals surface area contributed by atoms with E-state index >= 15 is 0 Å². The van der Waals surface area contributed by atoms with Crippen LogP contribution in [0.3, 0.4) is 0 Å². The Morgan fingerprint density at radius 1 is 1.38 bits per heavy atom. The van der Waals surface area contributed by atoms with Crippen molar-refractivity contribution in [1.29, 1.82) is 0 Å². The number of benzene rings is 1. The second kappa shape index (κ2) is 3.77. The highest BCUT2D eigenvalue weighted by atomic mass is 15.3. The average Bonchev–Trinajstić information content (AvgIpc) is 2.19. The molecule has 0 aliphatic carbocycles. The zero-order valence-corrected chi connectivity index (χ0v) is 7.66. The van der Waals surface area contributed by atoms with Gasteiger partial charge in [0.2, 0.25) is 0 Å². The van der Waals surface area contributed by atoms with Crippen molar-refractivity contribution in [2.75, 3.05) is 18.1 Å². The quantitative estimate of drug-likeness (QED) is 0.520. The number of para-hydroxylation sites is 1. The number of nitrogens with zero attached hydrogens (tertiary/aromatic N) is 1. The third kappa shape index (κ3) is 1.66. The molecule has 1 aliphatic heterocycles. The van der Waals surface area contributed by atoms with Crippen molar-refractivity contribution in [2.24, 2.45) is 5.84 Å². The Hall–Kier alpha value is -1.06. The Bertz CT molecular complexity index is 285. The largest absolute Gasteiger partial charge is 0.357 e. The molecule has 1 aromatic rings. The van der Waals surface area contributed by atoms with Crippen LogP contribution in [0.5, 0.6) is 0 Å². The average molecular weight is 177 g/mol. The van der Waals surface area contributed by atoms with E-state index in [0.29, 0.717) is 0 Å². The second-order valence-corrected chi connectivity index (χ2v) is 3.36. The van der Waals surface area contributed by atoms with Gasteiger partial charge in [0.05, 0.1) is 6.67 Å². The van der Waals surface area contributed by atoms with Crippen LogP contribution in [-0.4, -0.2) is 13.2 Å². The number of hydrazine groups is 1. The molecule has 0 bridgehead atoms. The number of anilines is 1. The molecule has 0 aromatic heterocycles. The van der Waals surface area contributed by atoms with Crippen molar-refractivity contribution in [1.82, 2.24) is 5.43 Å². The summed E-state index contributed by atoms with van der Waals surface area (Å²) in [7, 11) is 0. The van der Waals surface area contributed by atoms with E-state index in [4.69, 9.17) is 5.84 Å². The van der Waals surface area contributed by atoms with Crippen LogP contribution in [0.2, 0.25) is 0 Å². The molecule has 3 heteroatoms. The van der Waals surface area contributed by atoms with Crippen LogP contribution >= 0.6 is 0 Å². The first kappa shape index (κ1) is 8.53. The van der Waals surface area contributed by atoms with Crippen molar-refractivity contribution >= 4 is 5.69 Å². The molecule has 0 atom stereocenters. The minimum atomic E-state index is 0.733. The molecule has 1 aliphatic rings. The summed E-state index contributed by atoms with van der Waals surface area (Å²) in [6.07, 6.45) is 2.41. The number of rotatable bonds is 2.